The molecular weight excluding hydrogens is 350 g/mol. The molecule has 0 heterocycles. The molecule has 8 nitrogen and oxygen atoms in total. The van der Waals surface area contributed by atoms with E-state index in [0.717, 1.165) is 6.07 Å². The lowest BCUT2D eigenvalue weighted by Crippen LogP contribution is -2.41. The van der Waals surface area contributed by atoms with Gasteiger partial charge >= 0.3 is 5.69 Å². The van der Waals surface area contributed by atoms with Crippen molar-refractivity contribution in [3.8, 4) is 5.75 Å². The lowest BCUT2D eigenvalue weighted by Gasteiger charge is -2.09. The minimum absolute atomic E-state index is 0.00499. The summed E-state index contributed by atoms with van der Waals surface area (Å²) in [7, 11) is 0. The number of rotatable bonds is 5. The van der Waals surface area contributed by atoms with Crippen LogP contribution in [0.15, 0.2) is 42.5 Å². The Morgan fingerprint density at radius 3 is 2.48 bits per heavy atom. The first-order valence-electron chi connectivity index (χ1n) is 7.20. The zero-order chi connectivity index (χ0) is 18.4. The molecule has 2 N–H and O–H groups in total. The molecule has 9 heteroatoms. The summed E-state index contributed by atoms with van der Waals surface area (Å²) in [6.07, 6.45) is 0. The summed E-state index contributed by atoms with van der Waals surface area (Å²) in [6, 6.07) is 10.1. The minimum atomic E-state index is -0.716. The lowest BCUT2D eigenvalue weighted by atomic mass is 10.2. The number of carbonyl (C=O) groups excluding carboxylic acids is 2. The highest BCUT2D eigenvalue weighted by atomic mass is 35.5. The molecule has 0 bridgehead atoms. The molecule has 0 aromatic heterocycles. The minimum Gasteiger partial charge on any atom is -0.487 e. The highest BCUT2D eigenvalue weighted by Gasteiger charge is 2.19. The van der Waals surface area contributed by atoms with Crippen LogP contribution in [0.5, 0.6) is 5.75 Å². The highest BCUT2D eigenvalue weighted by Crippen LogP contribution is 2.27. The second-order valence-corrected chi connectivity index (χ2v) is 5.17. The molecule has 0 aliphatic carbocycles. The van der Waals surface area contributed by atoms with E-state index >= 15 is 0 Å². The smallest absolute Gasteiger partial charge is 0.311 e. The third-order valence-electron chi connectivity index (χ3n) is 3.13. The Morgan fingerprint density at radius 1 is 1.16 bits per heavy atom. The summed E-state index contributed by atoms with van der Waals surface area (Å²) in [5, 5.41) is 11.3. The summed E-state index contributed by atoms with van der Waals surface area (Å²) >= 11 is 5.89. The Bertz CT molecular complexity index is 825. The van der Waals surface area contributed by atoms with Crippen LogP contribution in [0.4, 0.5) is 5.69 Å². The van der Waals surface area contributed by atoms with Gasteiger partial charge in [0.1, 0.15) is 0 Å². The van der Waals surface area contributed by atoms with Gasteiger partial charge in [-0.2, -0.15) is 0 Å². The zero-order valence-corrected chi connectivity index (χ0v) is 13.9. The van der Waals surface area contributed by atoms with Gasteiger partial charge in [0, 0.05) is 11.6 Å². The number of amides is 2. The number of nitro groups is 1. The fraction of sp³-hybridized carbons (Fsp3) is 0.125. The average molecular weight is 364 g/mol. The van der Waals surface area contributed by atoms with Crippen molar-refractivity contribution in [2.75, 3.05) is 6.61 Å². The van der Waals surface area contributed by atoms with E-state index in [1.54, 1.807) is 19.1 Å². The third kappa shape index (κ3) is 4.45. The average Bonchev–Trinajstić information content (AvgIpc) is 2.60. The van der Waals surface area contributed by atoms with Crippen LogP contribution in [0.25, 0.3) is 0 Å². The van der Waals surface area contributed by atoms with Crippen LogP contribution in [0.3, 0.4) is 0 Å². The normalized spacial score (nSPS) is 10.0. The molecule has 0 unspecified atom stereocenters. The Kier molecular flexibility index (Phi) is 5.91. The monoisotopic (exact) mass is 363 g/mol. The first-order valence-corrected chi connectivity index (χ1v) is 7.58. The second kappa shape index (κ2) is 8.11. The van der Waals surface area contributed by atoms with Gasteiger partial charge in [0.05, 0.1) is 22.1 Å². The summed E-state index contributed by atoms with van der Waals surface area (Å²) < 4.78 is 5.14. The van der Waals surface area contributed by atoms with E-state index in [0.29, 0.717) is 0 Å². The van der Waals surface area contributed by atoms with Gasteiger partial charge in [-0.1, -0.05) is 23.7 Å². The van der Waals surface area contributed by atoms with Gasteiger partial charge < -0.3 is 4.74 Å². The molecule has 2 aromatic carbocycles. The van der Waals surface area contributed by atoms with Crippen molar-refractivity contribution in [3.63, 3.8) is 0 Å². The molecule has 25 heavy (non-hydrogen) atoms. The second-order valence-electron chi connectivity index (χ2n) is 4.76. The Hall–Kier alpha value is -3.13. The number of halogens is 1. The number of benzene rings is 2. The Morgan fingerprint density at radius 2 is 1.84 bits per heavy atom. The van der Waals surface area contributed by atoms with E-state index in [1.807, 2.05) is 0 Å². The number of nitrogens with one attached hydrogen (secondary N) is 2. The van der Waals surface area contributed by atoms with Crippen molar-refractivity contribution in [3.05, 3.63) is 68.7 Å². The van der Waals surface area contributed by atoms with Crippen LogP contribution in [0.2, 0.25) is 5.02 Å². The lowest BCUT2D eigenvalue weighted by molar-refractivity contribution is -0.385. The molecule has 0 aliphatic heterocycles. The Labute approximate surface area is 147 Å². The van der Waals surface area contributed by atoms with Crippen molar-refractivity contribution in [1.82, 2.24) is 10.9 Å². The SMILES string of the molecule is CCOc1ccc(C(=O)NNC(=O)c2ccccc2Cl)cc1[N+](=O)[O-]. The fourth-order valence-electron chi connectivity index (χ4n) is 1.98. The van der Waals surface area contributed by atoms with E-state index in [4.69, 9.17) is 16.3 Å². The van der Waals surface area contributed by atoms with Gasteiger partial charge in [-0.05, 0) is 31.2 Å². The van der Waals surface area contributed by atoms with E-state index < -0.39 is 16.7 Å². The van der Waals surface area contributed by atoms with Crippen molar-refractivity contribution in [1.29, 1.82) is 0 Å². The maximum Gasteiger partial charge on any atom is 0.311 e. The quantitative estimate of drug-likeness (QED) is 0.626. The summed E-state index contributed by atoms with van der Waals surface area (Å²) in [4.78, 5) is 34.5. The third-order valence-corrected chi connectivity index (χ3v) is 3.46. The molecule has 0 radical (unpaired) electrons. The molecule has 0 saturated carbocycles. The predicted molar refractivity (Wildman–Crippen MR) is 90.6 cm³/mol. The molecule has 0 saturated heterocycles. The van der Waals surface area contributed by atoms with Crippen molar-refractivity contribution >= 4 is 29.1 Å². The molecule has 2 amide bonds. The maximum atomic E-state index is 12.1. The fourth-order valence-corrected chi connectivity index (χ4v) is 2.20. The van der Waals surface area contributed by atoms with Gasteiger partial charge in [0.25, 0.3) is 11.8 Å². The van der Waals surface area contributed by atoms with Crippen LogP contribution in [0, 0.1) is 10.1 Å². The first-order chi connectivity index (χ1) is 11.9. The zero-order valence-electron chi connectivity index (χ0n) is 13.1. The van der Waals surface area contributed by atoms with Crippen LogP contribution >= 0.6 is 11.6 Å². The molecule has 0 spiro atoms. The summed E-state index contributed by atoms with van der Waals surface area (Å²) in [5.74, 6) is -1.27. The van der Waals surface area contributed by atoms with Crippen LogP contribution in [-0.4, -0.2) is 23.3 Å². The molecule has 0 aliphatic rings. The van der Waals surface area contributed by atoms with E-state index in [9.17, 15) is 19.7 Å². The van der Waals surface area contributed by atoms with Gasteiger partial charge in [-0.15, -0.1) is 0 Å². The van der Waals surface area contributed by atoms with Crippen LogP contribution in [-0.2, 0) is 0 Å². The van der Waals surface area contributed by atoms with Gasteiger partial charge in [-0.25, -0.2) is 0 Å². The maximum absolute atomic E-state index is 12.1. The molecule has 2 rings (SSSR count). The standard InChI is InChI=1S/C16H14ClN3O5/c1-2-25-14-8-7-10(9-13(14)20(23)24)15(21)18-19-16(22)11-5-3-4-6-12(11)17/h3-9H,2H2,1H3,(H,18,21)(H,19,22). The van der Waals surface area contributed by atoms with E-state index in [1.165, 1.54) is 24.3 Å². The number of hydrazine groups is 1. The van der Waals surface area contributed by atoms with Gasteiger partial charge in [0.2, 0.25) is 0 Å². The highest BCUT2D eigenvalue weighted by molar-refractivity contribution is 6.33. The van der Waals surface area contributed by atoms with Crippen molar-refractivity contribution < 1.29 is 19.2 Å². The summed E-state index contributed by atoms with van der Waals surface area (Å²) in [5.41, 5.74) is 4.22. The van der Waals surface area contributed by atoms with Crippen molar-refractivity contribution in [2.24, 2.45) is 0 Å². The number of hydrogen-bond donors (Lipinski definition) is 2. The number of nitro benzene ring substituents is 1. The number of carbonyl (C=O) groups is 2. The molecule has 0 atom stereocenters. The number of nitrogens with zero attached hydrogens (tertiary/aromatic N) is 1. The van der Waals surface area contributed by atoms with E-state index in [2.05, 4.69) is 10.9 Å². The van der Waals surface area contributed by atoms with Gasteiger partial charge in [-0.3, -0.25) is 30.6 Å². The molecule has 2 aromatic rings. The molecule has 0 fully saturated rings. The van der Waals surface area contributed by atoms with Gasteiger partial charge in [0.15, 0.2) is 5.75 Å². The van der Waals surface area contributed by atoms with E-state index in [-0.39, 0.29) is 34.2 Å². The largest absolute Gasteiger partial charge is 0.487 e. The molecule has 130 valence electrons. The number of hydrogen-bond acceptors (Lipinski definition) is 5. The first kappa shape index (κ1) is 18.2. The topological polar surface area (TPSA) is 111 Å². The Balaban J connectivity index is 2.11. The summed E-state index contributed by atoms with van der Waals surface area (Å²) in [6.45, 7) is 1.94. The molecular formula is C16H14ClN3O5. The van der Waals surface area contributed by atoms with Crippen LogP contribution < -0.4 is 15.6 Å². The number of ether oxygens (including phenoxy) is 1. The van der Waals surface area contributed by atoms with Crippen LogP contribution in [0.1, 0.15) is 27.6 Å². The van der Waals surface area contributed by atoms with Crippen molar-refractivity contribution in [2.45, 2.75) is 6.92 Å². The predicted octanol–water partition coefficient (Wildman–Crippen LogP) is 2.72.